The van der Waals surface area contributed by atoms with E-state index in [0.717, 1.165) is 50.1 Å². The number of urea groups is 1. The van der Waals surface area contributed by atoms with Crippen LogP contribution in [0.2, 0.25) is 0 Å². The van der Waals surface area contributed by atoms with E-state index < -0.39 is 0 Å². The van der Waals surface area contributed by atoms with Gasteiger partial charge in [-0.2, -0.15) is 0 Å². The Morgan fingerprint density at radius 2 is 1.71 bits per heavy atom. The van der Waals surface area contributed by atoms with Gasteiger partial charge in [-0.25, -0.2) is 4.79 Å². The molecule has 2 aromatic carbocycles. The van der Waals surface area contributed by atoms with E-state index in [2.05, 4.69) is 34.5 Å². The van der Waals surface area contributed by atoms with Gasteiger partial charge in [0, 0.05) is 36.4 Å². The van der Waals surface area contributed by atoms with Crippen LogP contribution in [-0.2, 0) is 6.54 Å². The van der Waals surface area contributed by atoms with E-state index in [9.17, 15) is 4.79 Å². The van der Waals surface area contributed by atoms with E-state index in [1.54, 1.807) is 7.11 Å². The summed E-state index contributed by atoms with van der Waals surface area (Å²) in [7, 11) is 1.68. The number of anilines is 1. The van der Waals surface area contributed by atoms with Crippen molar-refractivity contribution < 1.29 is 9.53 Å². The summed E-state index contributed by atoms with van der Waals surface area (Å²) >= 11 is 0. The minimum atomic E-state index is 0.0616. The highest BCUT2D eigenvalue weighted by Gasteiger charge is 2.34. The number of nitrogens with one attached hydrogen (secondary N) is 1. The Bertz CT molecular complexity index is 783. The van der Waals surface area contributed by atoms with Gasteiger partial charge in [0.1, 0.15) is 5.75 Å². The molecule has 0 aromatic heterocycles. The maximum Gasteiger partial charge on any atom is 0.318 e. The van der Waals surface area contributed by atoms with Crippen molar-refractivity contribution >= 4 is 11.7 Å². The maximum absolute atomic E-state index is 13.0. The highest BCUT2D eigenvalue weighted by molar-refractivity contribution is 5.75. The first kappa shape index (κ1) is 18.7. The topological polar surface area (TPSA) is 44.8 Å². The van der Waals surface area contributed by atoms with E-state index in [-0.39, 0.29) is 12.1 Å². The first-order chi connectivity index (χ1) is 13.7. The lowest BCUT2D eigenvalue weighted by atomic mass is 10.0. The highest BCUT2D eigenvalue weighted by atomic mass is 16.5. The van der Waals surface area contributed by atoms with Crippen LogP contribution in [0.5, 0.6) is 5.75 Å². The first-order valence-electron chi connectivity index (χ1n) is 10.2. The van der Waals surface area contributed by atoms with Crippen molar-refractivity contribution in [3.8, 4) is 5.75 Å². The third-order valence-electron chi connectivity index (χ3n) is 5.73. The summed E-state index contributed by atoms with van der Waals surface area (Å²) in [4.78, 5) is 17.4. The molecule has 1 saturated heterocycles. The molecule has 1 N–H and O–H groups in total. The summed E-state index contributed by atoms with van der Waals surface area (Å²) in [6.07, 6.45) is 4.14. The molecule has 2 amide bonds. The van der Waals surface area contributed by atoms with Gasteiger partial charge in [0.2, 0.25) is 0 Å². The number of methoxy groups -OCH3 is 1. The van der Waals surface area contributed by atoms with Gasteiger partial charge in [-0.1, -0.05) is 36.4 Å². The molecule has 1 aliphatic carbocycles. The average molecular weight is 380 g/mol. The van der Waals surface area contributed by atoms with Crippen LogP contribution in [0.4, 0.5) is 10.5 Å². The molecule has 5 heteroatoms. The molecule has 1 aliphatic heterocycles. The number of nitrogens with zero attached hydrogens (tertiary/aromatic N) is 2. The maximum atomic E-state index is 13.0. The zero-order valence-corrected chi connectivity index (χ0v) is 16.5. The molecule has 0 atom stereocenters. The summed E-state index contributed by atoms with van der Waals surface area (Å²) in [5, 5.41) is 3.29. The Balaban J connectivity index is 1.34. The summed E-state index contributed by atoms with van der Waals surface area (Å²) in [6, 6.07) is 19.1. The Morgan fingerprint density at radius 1 is 1.04 bits per heavy atom. The predicted octanol–water partition coefficient (Wildman–Crippen LogP) is 4.04. The van der Waals surface area contributed by atoms with Gasteiger partial charge >= 0.3 is 6.03 Å². The third kappa shape index (κ3) is 4.41. The van der Waals surface area contributed by atoms with Crippen LogP contribution in [0.3, 0.4) is 0 Å². The minimum absolute atomic E-state index is 0.0616. The molecule has 1 heterocycles. The van der Waals surface area contributed by atoms with Crippen molar-refractivity contribution in [3.05, 3.63) is 60.2 Å². The average Bonchev–Trinajstić information content (AvgIpc) is 3.58. The second kappa shape index (κ2) is 8.55. The van der Waals surface area contributed by atoms with E-state index >= 15 is 0 Å². The van der Waals surface area contributed by atoms with Gasteiger partial charge in [0.05, 0.1) is 13.7 Å². The van der Waals surface area contributed by atoms with Gasteiger partial charge in [0.25, 0.3) is 0 Å². The Hall–Kier alpha value is -2.69. The summed E-state index contributed by atoms with van der Waals surface area (Å²) < 4.78 is 5.47. The molecule has 5 nitrogen and oxygen atoms in total. The lowest BCUT2D eigenvalue weighted by Gasteiger charge is -2.35. The number of rotatable bonds is 6. The molecule has 0 bridgehead atoms. The fraction of sp³-hybridized carbons (Fsp3) is 0.435. The SMILES string of the molecule is COc1ccccc1CN(C(=O)NC1CCN(c2ccccc2)CC1)C1CC1. The largest absolute Gasteiger partial charge is 0.496 e. The molecule has 28 heavy (non-hydrogen) atoms. The molecule has 0 unspecified atom stereocenters. The van der Waals surface area contributed by atoms with Crippen molar-refractivity contribution in [3.63, 3.8) is 0 Å². The Labute approximate surface area is 167 Å². The van der Waals surface area contributed by atoms with Crippen LogP contribution in [0.1, 0.15) is 31.2 Å². The zero-order valence-electron chi connectivity index (χ0n) is 16.5. The van der Waals surface area contributed by atoms with Gasteiger partial charge in [-0.15, -0.1) is 0 Å². The van der Waals surface area contributed by atoms with Crippen LogP contribution in [0, 0.1) is 0 Å². The molecule has 4 rings (SSSR count). The van der Waals surface area contributed by atoms with E-state index in [1.165, 1.54) is 5.69 Å². The van der Waals surface area contributed by atoms with Crippen molar-refractivity contribution in [1.29, 1.82) is 0 Å². The van der Waals surface area contributed by atoms with Gasteiger partial charge in [-0.3, -0.25) is 0 Å². The fourth-order valence-corrected chi connectivity index (χ4v) is 3.95. The van der Waals surface area contributed by atoms with Crippen LogP contribution in [-0.4, -0.2) is 43.2 Å². The van der Waals surface area contributed by atoms with Crippen molar-refractivity contribution in [1.82, 2.24) is 10.2 Å². The van der Waals surface area contributed by atoms with Crippen LogP contribution in [0.15, 0.2) is 54.6 Å². The van der Waals surface area contributed by atoms with Crippen molar-refractivity contribution in [2.24, 2.45) is 0 Å². The van der Waals surface area contributed by atoms with Crippen molar-refractivity contribution in [2.45, 2.75) is 44.3 Å². The third-order valence-corrected chi connectivity index (χ3v) is 5.73. The Morgan fingerprint density at radius 3 is 2.39 bits per heavy atom. The standard InChI is InChI=1S/C23H29N3O2/c1-28-22-10-6-5-7-18(22)17-26(21-11-12-21)23(27)24-19-13-15-25(16-14-19)20-8-3-2-4-9-20/h2-10,19,21H,11-17H2,1H3,(H,24,27). The predicted molar refractivity (Wildman–Crippen MR) is 112 cm³/mol. The van der Waals surface area contributed by atoms with Crippen LogP contribution >= 0.6 is 0 Å². The number of benzene rings is 2. The number of piperidine rings is 1. The molecule has 2 aromatic rings. The van der Waals surface area contributed by atoms with E-state index in [1.807, 2.05) is 35.2 Å². The molecule has 0 radical (unpaired) electrons. The monoisotopic (exact) mass is 379 g/mol. The summed E-state index contributed by atoms with van der Waals surface area (Å²) in [5.74, 6) is 0.845. The first-order valence-corrected chi connectivity index (χ1v) is 10.2. The lowest BCUT2D eigenvalue weighted by molar-refractivity contribution is 0.185. The van der Waals surface area contributed by atoms with Crippen LogP contribution in [0.25, 0.3) is 0 Å². The molecular weight excluding hydrogens is 350 g/mol. The normalized spacial score (nSPS) is 17.2. The molecule has 2 aliphatic rings. The molecule has 2 fully saturated rings. The lowest BCUT2D eigenvalue weighted by Crippen LogP contribution is -2.49. The smallest absolute Gasteiger partial charge is 0.318 e. The molecule has 148 valence electrons. The second-order valence-corrected chi connectivity index (χ2v) is 7.72. The van der Waals surface area contributed by atoms with E-state index in [0.29, 0.717) is 12.6 Å². The second-order valence-electron chi connectivity index (χ2n) is 7.72. The van der Waals surface area contributed by atoms with Crippen LogP contribution < -0.4 is 15.0 Å². The highest BCUT2D eigenvalue weighted by Crippen LogP contribution is 2.30. The number of para-hydroxylation sites is 2. The number of ether oxygens (including phenoxy) is 1. The number of hydrogen-bond acceptors (Lipinski definition) is 3. The van der Waals surface area contributed by atoms with Gasteiger partial charge in [0.15, 0.2) is 0 Å². The Kier molecular flexibility index (Phi) is 5.70. The number of carbonyl (C=O) groups excluding carboxylic acids is 1. The molecular formula is C23H29N3O2. The van der Waals surface area contributed by atoms with Gasteiger partial charge in [-0.05, 0) is 43.9 Å². The summed E-state index contributed by atoms with van der Waals surface area (Å²) in [6.45, 7) is 2.55. The molecule has 0 spiro atoms. The number of amides is 2. The van der Waals surface area contributed by atoms with E-state index in [4.69, 9.17) is 4.74 Å². The molecule has 1 saturated carbocycles. The number of hydrogen-bond donors (Lipinski definition) is 1. The van der Waals surface area contributed by atoms with Gasteiger partial charge < -0.3 is 19.9 Å². The minimum Gasteiger partial charge on any atom is -0.496 e. The summed E-state index contributed by atoms with van der Waals surface area (Å²) in [5.41, 5.74) is 2.33. The zero-order chi connectivity index (χ0) is 19.3. The quantitative estimate of drug-likeness (QED) is 0.824. The number of carbonyl (C=O) groups is 1. The van der Waals surface area contributed by atoms with Crippen molar-refractivity contribution in [2.75, 3.05) is 25.1 Å². The fourth-order valence-electron chi connectivity index (χ4n) is 3.95.